The molecule has 1 aliphatic heterocycles. The molecule has 2 heterocycles. The van der Waals surface area contributed by atoms with E-state index < -0.39 is 11.9 Å². The van der Waals surface area contributed by atoms with Crippen molar-refractivity contribution in [2.45, 2.75) is 12.5 Å². The van der Waals surface area contributed by atoms with Crippen molar-refractivity contribution in [3.05, 3.63) is 71.3 Å². The zero-order chi connectivity index (χ0) is 21.3. The minimum atomic E-state index is -1.10. The molecule has 0 saturated carbocycles. The number of carbonyl (C=O) groups excluding carboxylic acids is 1. The van der Waals surface area contributed by atoms with Crippen molar-refractivity contribution in [3.63, 3.8) is 0 Å². The third-order valence-corrected chi connectivity index (χ3v) is 5.41. The summed E-state index contributed by atoms with van der Waals surface area (Å²) in [6.07, 6.45) is 1.13. The zero-order valence-corrected chi connectivity index (χ0v) is 16.6. The van der Waals surface area contributed by atoms with Crippen LogP contribution < -0.4 is 10.6 Å². The van der Waals surface area contributed by atoms with Crippen LogP contribution in [0.3, 0.4) is 0 Å². The molecule has 0 saturated heterocycles. The van der Waals surface area contributed by atoms with Crippen molar-refractivity contribution in [2.75, 3.05) is 13.1 Å². The molecule has 0 aliphatic carbocycles. The van der Waals surface area contributed by atoms with Crippen molar-refractivity contribution in [2.24, 2.45) is 0 Å². The van der Waals surface area contributed by atoms with Crippen LogP contribution in [0.25, 0.3) is 22.3 Å². The third-order valence-electron chi connectivity index (χ3n) is 5.17. The zero-order valence-electron chi connectivity index (χ0n) is 15.9. The summed E-state index contributed by atoms with van der Waals surface area (Å²) in [5.41, 5.74) is 2.68. The number of amides is 2. The molecule has 3 N–H and O–H groups in total. The maximum atomic E-state index is 14.8. The largest absolute Gasteiger partial charge is 0.465 e. The summed E-state index contributed by atoms with van der Waals surface area (Å²) in [6.45, 7) is 0.586. The first-order valence-corrected chi connectivity index (χ1v) is 9.84. The fraction of sp³-hybridized carbons (Fsp3) is 0.182. The fourth-order valence-electron chi connectivity index (χ4n) is 3.83. The first kappa shape index (κ1) is 20.0. The second-order valence-electron chi connectivity index (χ2n) is 7.05. The number of nitrogens with one attached hydrogen (secondary N) is 2. The molecule has 1 aromatic heterocycles. The molecular weight excluding hydrogens is 409 g/mol. The monoisotopic (exact) mass is 427 g/mol. The molecule has 0 fully saturated rings. The van der Waals surface area contributed by atoms with Crippen LogP contribution in [-0.4, -0.2) is 34.8 Å². The lowest BCUT2D eigenvalue weighted by Gasteiger charge is -2.27. The Morgan fingerprint density at radius 1 is 1.23 bits per heavy atom. The smallest absolute Gasteiger partial charge is 0.404 e. The van der Waals surface area contributed by atoms with Crippen molar-refractivity contribution >= 4 is 23.6 Å². The van der Waals surface area contributed by atoms with Gasteiger partial charge in [-0.15, -0.1) is 0 Å². The topological polar surface area (TPSA) is 83.4 Å². The summed E-state index contributed by atoms with van der Waals surface area (Å²) in [7, 11) is 0. The molecule has 0 bridgehead atoms. The van der Waals surface area contributed by atoms with Gasteiger partial charge in [-0.05, 0) is 30.2 Å². The van der Waals surface area contributed by atoms with Gasteiger partial charge in [0.25, 0.3) is 5.91 Å². The Kier molecular flexibility index (Phi) is 5.46. The van der Waals surface area contributed by atoms with Gasteiger partial charge >= 0.3 is 6.09 Å². The van der Waals surface area contributed by atoms with Gasteiger partial charge < -0.3 is 20.3 Å². The summed E-state index contributed by atoms with van der Waals surface area (Å²) < 4.78 is 16.6. The van der Waals surface area contributed by atoms with E-state index in [1.807, 2.05) is 34.9 Å². The standard InChI is InChI=1S/C22H19ClFN3O3/c23-14-6-7-18(24)16(10-14)17-12-27-15(8-9-25-22(29)30)11-26-21(28)20(27)19(17)13-4-2-1-3-5-13/h1-7,10,12,15,25H,8-9,11H2,(H,26,28)(H,29,30). The summed E-state index contributed by atoms with van der Waals surface area (Å²) in [5.74, 6) is -0.700. The number of fused-ring (bicyclic) bond motifs is 1. The highest BCUT2D eigenvalue weighted by Crippen LogP contribution is 2.41. The lowest BCUT2D eigenvalue weighted by Crippen LogP contribution is -2.40. The number of carbonyl (C=O) groups is 2. The van der Waals surface area contributed by atoms with Crippen LogP contribution in [0, 0.1) is 5.82 Å². The molecule has 0 spiro atoms. The van der Waals surface area contributed by atoms with E-state index >= 15 is 0 Å². The Hall–Kier alpha value is -3.32. The number of nitrogens with zero attached hydrogens (tertiary/aromatic N) is 1. The third kappa shape index (κ3) is 3.76. The Bertz CT molecular complexity index is 1110. The van der Waals surface area contributed by atoms with Crippen LogP contribution in [-0.2, 0) is 0 Å². The van der Waals surface area contributed by atoms with Gasteiger partial charge in [0, 0.05) is 41.0 Å². The molecule has 8 heteroatoms. The van der Waals surface area contributed by atoms with Crippen molar-refractivity contribution in [1.82, 2.24) is 15.2 Å². The van der Waals surface area contributed by atoms with Gasteiger partial charge in [0.1, 0.15) is 11.5 Å². The number of hydrogen-bond acceptors (Lipinski definition) is 2. The SMILES string of the molecule is O=C(O)NCCC1CNC(=O)c2c(-c3ccccc3)c(-c3cc(Cl)ccc3F)cn21. The van der Waals surface area contributed by atoms with Crippen LogP contribution in [0.1, 0.15) is 23.0 Å². The van der Waals surface area contributed by atoms with Crippen molar-refractivity contribution < 1.29 is 19.1 Å². The van der Waals surface area contributed by atoms with E-state index in [0.29, 0.717) is 40.4 Å². The summed E-state index contributed by atoms with van der Waals surface area (Å²) in [5, 5.41) is 14.5. The summed E-state index contributed by atoms with van der Waals surface area (Å²) in [6, 6.07) is 13.5. The summed E-state index contributed by atoms with van der Waals surface area (Å²) >= 11 is 6.13. The molecule has 3 aromatic rings. The van der Waals surface area contributed by atoms with E-state index in [1.54, 1.807) is 12.3 Å². The van der Waals surface area contributed by atoms with Crippen LogP contribution in [0.4, 0.5) is 9.18 Å². The molecule has 2 amide bonds. The second-order valence-corrected chi connectivity index (χ2v) is 7.48. The number of hydrogen-bond donors (Lipinski definition) is 3. The fourth-order valence-corrected chi connectivity index (χ4v) is 4.00. The Balaban J connectivity index is 1.89. The van der Waals surface area contributed by atoms with Gasteiger partial charge in [0.15, 0.2) is 0 Å². The minimum absolute atomic E-state index is 0.178. The highest BCUT2D eigenvalue weighted by molar-refractivity contribution is 6.30. The molecule has 6 nitrogen and oxygen atoms in total. The molecule has 30 heavy (non-hydrogen) atoms. The Labute approximate surface area is 177 Å². The molecule has 1 atom stereocenters. The molecule has 1 unspecified atom stereocenters. The average Bonchev–Trinajstić information content (AvgIpc) is 3.13. The predicted molar refractivity (Wildman–Crippen MR) is 112 cm³/mol. The van der Waals surface area contributed by atoms with Crippen LogP contribution in [0.5, 0.6) is 0 Å². The molecule has 0 radical (unpaired) electrons. The summed E-state index contributed by atoms with van der Waals surface area (Å²) in [4.78, 5) is 23.6. The maximum absolute atomic E-state index is 14.8. The first-order valence-electron chi connectivity index (χ1n) is 9.46. The van der Waals surface area contributed by atoms with Gasteiger partial charge in [-0.2, -0.15) is 0 Å². The highest BCUT2D eigenvalue weighted by Gasteiger charge is 2.31. The van der Waals surface area contributed by atoms with Gasteiger partial charge in [0.05, 0.1) is 6.04 Å². The number of halogens is 2. The molecule has 2 aromatic carbocycles. The minimum Gasteiger partial charge on any atom is -0.465 e. The number of benzene rings is 2. The number of carboxylic acid groups (broad SMARTS) is 1. The van der Waals surface area contributed by atoms with E-state index in [2.05, 4.69) is 10.6 Å². The van der Waals surface area contributed by atoms with Gasteiger partial charge in [-0.1, -0.05) is 41.9 Å². The Morgan fingerprint density at radius 3 is 2.73 bits per heavy atom. The van der Waals surface area contributed by atoms with Gasteiger partial charge in [0.2, 0.25) is 0 Å². The number of aromatic nitrogens is 1. The van der Waals surface area contributed by atoms with Crippen LogP contribution in [0.15, 0.2) is 54.7 Å². The lowest BCUT2D eigenvalue weighted by atomic mass is 9.96. The van der Waals surface area contributed by atoms with E-state index in [1.165, 1.54) is 12.1 Å². The maximum Gasteiger partial charge on any atom is 0.404 e. The molecule has 1 aliphatic rings. The predicted octanol–water partition coefficient (Wildman–Crippen LogP) is 4.56. The van der Waals surface area contributed by atoms with Gasteiger partial charge in [-0.25, -0.2) is 9.18 Å². The Morgan fingerprint density at radius 2 is 2.00 bits per heavy atom. The van der Waals surface area contributed by atoms with E-state index in [9.17, 15) is 14.0 Å². The van der Waals surface area contributed by atoms with Crippen LogP contribution in [0.2, 0.25) is 5.02 Å². The second kappa shape index (κ2) is 8.20. The molecule has 154 valence electrons. The normalized spacial score (nSPS) is 15.4. The lowest BCUT2D eigenvalue weighted by molar-refractivity contribution is 0.0913. The average molecular weight is 428 g/mol. The molecule has 4 rings (SSSR count). The quantitative estimate of drug-likeness (QED) is 0.558. The number of rotatable bonds is 5. The van der Waals surface area contributed by atoms with E-state index in [0.717, 1.165) is 5.56 Å². The van der Waals surface area contributed by atoms with Gasteiger partial charge in [-0.3, -0.25) is 4.79 Å². The molecular formula is C22H19ClFN3O3. The first-order chi connectivity index (χ1) is 14.5. The van der Waals surface area contributed by atoms with Crippen LogP contribution >= 0.6 is 11.6 Å². The van der Waals surface area contributed by atoms with Crippen molar-refractivity contribution in [3.8, 4) is 22.3 Å². The van der Waals surface area contributed by atoms with Crippen molar-refractivity contribution in [1.29, 1.82) is 0 Å². The highest BCUT2D eigenvalue weighted by atomic mass is 35.5. The van der Waals surface area contributed by atoms with E-state index in [-0.39, 0.29) is 18.5 Å². The van der Waals surface area contributed by atoms with E-state index in [4.69, 9.17) is 16.7 Å².